The van der Waals surface area contributed by atoms with Crippen molar-refractivity contribution >= 4 is 28.5 Å². The number of carbonyl (C=O) groups is 1. The zero-order valence-electron chi connectivity index (χ0n) is 14.6. The molecule has 0 bridgehead atoms. The number of hydrogen-bond donors (Lipinski definition) is 1. The highest BCUT2D eigenvalue weighted by molar-refractivity contribution is 6.30. The quantitative estimate of drug-likeness (QED) is 0.719. The van der Waals surface area contributed by atoms with Gasteiger partial charge in [0, 0.05) is 16.6 Å². The lowest BCUT2D eigenvalue weighted by atomic mass is 9.95. The Hall–Kier alpha value is -2.33. The Balaban J connectivity index is 1.65. The SMILES string of the molecule is O=C(Cn1c(-c2ccc(Cl)cc2)nc2ccccc21)NC1CCCCC1. The molecule has 1 fully saturated rings. The lowest BCUT2D eigenvalue weighted by molar-refractivity contribution is -0.122. The molecule has 2 aromatic carbocycles. The van der Waals surface area contributed by atoms with Crippen molar-refractivity contribution in [2.45, 2.75) is 44.7 Å². The smallest absolute Gasteiger partial charge is 0.240 e. The normalized spacial score (nSPS) is 15.3. The first kappa shape index (κ1) is 17.1. The van der Waals surface area contributed by atoms with Crippen molar-refractivity contribution in [3.63, 3.8) is 0 Å². The summed E-state index contributed by atoms with van der Waals surface area (Å²) in [6, 6.07) is 15.8. The van der Waals surface area contributed by atoms with Gasteiger partial charge in [-0.1, -0.05) is 43.0 Å². The van der Waals surface area contributed by atoms with Crippen LogP contribution in [-0.4, -0.2) is 21.5 Å². The molecule has 1 aliphatic carbocycles. The van der Waals surface area contributed by atoms with Crippen LogP contribution in [0.4, 0.5) is 0 Å². The number of rotatable bonds is 4. The van der Waals surface area contributed by atoms with E-state index in [4.69, 9.17) is 16.6 Å². The molecule has 0 atom stereocenters. The van der Waals surface area contributed by atoms with Crippen molar-refractivity contribution < 1.29 is 4.79 Å². The van der Waals surface area contributed by atoms with E-state index in [9.17, 15) is 4.79 Å². The summed E-state index contributed by atoms with van der Waals surface area (Å²) in [6.07, 6.45) is 5.85. The maximum atomic E-state index is 12.7. The van der Waals surface area contributed by atoms with E-state index in [1.807, 2.05) is 53.1 Å². The summed E-state index contributed by atoms with van der Waals surface area (Å²) >= 11 is 6.02. The summed E-state index contributed by atoms with van der Waals surface area (Å²) in [6.45, 7) is 0.273. The third-order valence-corrected chi connectivity index (χ3v) is 5.28. The molecule has 0 unspecified atom stereocenters. The van der Waals surface area contributed by atoms with Gasteiger partial charge in [-0.05, 0) is 49.2 Å². The highest BCUT2D eigenvalue weighted by Gasteiger charge is 2.19. The van der Waals surface area contributed by atoms with Gasteiger partial charge in [0.05, 0.1) is 11.0 Å². The molecule has 5 heteroatoms. The Morgan fingerprint density at radius 2 is 1.81 bits per heavy atom. The molecule has 134 valence electrons. The summed E-state index contributed by atoms with van der Waals surface area (Å²) < 4.78 is 2.00. The first-order valence-corrected chi connectivity index (χ1v) is 9.59. The third kappa shape index (κ3) is 3.61. The molecule has 0 saturated heterocycles. The maximum absolute atomic E-state index is 12.7. The van der Waals surface area contributed by atoms with E-state index in [0.29, 0.717) is 11.1 Å². The van der Waals surface area contributed by atoms with Gasteiger partial charge in [-0.2, -0.15) is 0 Å². The molecular weight excluding hydrogens is 346 g/mol. The molecule has 1 amide bonds. The van der Waals surface area contributed by atoms with E-state index in [0.717, 1.165) is 35.3 Å². The number of nitrogens with one attached hydrogen (secondary N) is 1. The van der Waals surface area contributed by atoms with Crippen molar-refractivity contribution in [2.24, 2.45) is 0 Å². The van der Waals surface area contributed by atoms with E-state index in [-0.39, 0.29) is 12.5 Å². The fourth-order valence-electron chi connectivity index (χ4n) is 3.72. The van der Waals surface area contributed by atoms with E-state index < -0.39 is 0 Å². The first-order valence-electron chi connectivity index (χ1n) is 9.21. The lowest BCUT2D eigenvalue weighted by Crippen LogP contribution is -2.38. The van der Waals surface area contributed by atoms with Gasteiger partial charge in [0.2, 0.25) is 5.91 Å². The summed E-state index contributed by atoms with van der Waals surface area (Å²) in [5.74, 6) is 0.844. The Kier molecular flexibility index (Phi) is 4.93. The molecule has 0 radical (unpaired) electrons. The molecule has 1 N–H and O–H groups in total. The fourth-order valence-corrected chi connectivity index (χ4v) is 3.84. The van der Waals surface area contributed by atoms with Gasteiger partial charge in [0.1, 0.15) is 12.4 Å². The molecule has 1 aromatic heterocycles. The number of benzene rings is 2. The van der Waals surface area contributed by atoms with E-state index >= 15 is 0 Å². The van der Waals surface area contributed by atoms with Gasteiger partial charge in [-0.15, -0.1) is 0 Å². The van der Waals surface area contributed by atoms with E-state index in [1.165, 1.54) is 19.3 Å². The average Bonchev–Trinajstić information content (AvgIpc) is 3.02. The van der Waals surface area contributed by atoms with Crippen molar-refractivity contribution in [3.8, 4) is 11.4 Å². The Labute approximate surface area is 158 Å². The van der Waals surface area contributed by atoms with Crippen LogP contribution < -0.4 is 5.32 Å². The minimum atomic E-state index is 0.0512. The number of aromatic nitrogens is 2. The number of amides is 1. The largest absolute Gasteiger partial charge is 0.352 e. The number of hydrogen-bond acceptors (Lipinski definition) is 2. The van der Waals surface area contributed by atoms with Gasteiger partial charge in [-0.25, -0.2) is 4.98 Å². The minimum Gasteiger partial charge on any atom is -0.352 e. The molecular formula is C21H22ClN3O. The maximum Gasteiger partial charge on any atom is 0.240 e. The monoisotopic (exact) mass is 367 g/mol. The number of halogens is 1. The molecule has 4 nitrogen and oxygen atoms in total. The highest BCUT2D eigenvalue weighted by atomic mass is 35.5. The minimum absolute atomic E-state index is 0.0512. The van der Waals surface area contributed by atoms with Crippen LogP contribution in [0.1, 0.15) is 32.1 Å². The van der Waals surface area contributed by atoms with Crippen LogP contribution >= 0.6 is 11.6 Å². The molecule has 1 aliphatic rings. The summed E-state index contributed by atoms with van der Waals surface area (Å²) in [4.78, 5) is 17.4. The van der Waals surface area contributed by atoms with Crippen LogP contribution in [0.25, 0.3) is 22.4 Å². The van der Waals surface area contributed by atoms with Gasteiger partial charge in [-0.3, -0.25) is 4.79 Å². The van der Waals surface area contributed by atoms with Gasteiger partial charge < -0.3 is 9.88 Å². The lowest BCUT2D eigenvalue weighted by Gasteiger charge is -2.23. The summed E-state index contributed by atoms with van der Waals surface area (Å²) in [5, 5.41) is 3.89. The van der Waals surface area contributed by atoms with Crippen LogP contribution in [0, 0.1) is 0 Å². The van der Waals surface area contributed by atoms with Crippen molar-refractivity contribution in [2.75, 3.05) is 0 Å². The van der Waals surface area contributed by atoms with Crippen LogP contribution in [-0.2, 0) is 11.3 Å². The summed E-state index contributed by atoms with van der Waals surface area (Å²) in [5.41, 5.74) is 2.82. The van der Waals surface area contributed by atoms with Crippen molar-refractivity contribution in [1.29, 1.82) is 0 Å². The molecule has 26 heavy (non-hydrogen) atoms. The zero-order chi connectivity index (χ0) is 17.9. The second-order valence-electron chi connectivity index (χ2n) is 6.92. The van der Waals surface area contributed by atoms with Gasteiger partial charge in [0.25, 0.3) is 0 Å². The number of fused-ring (bicyclic) bond motifs is 1. The standard InChI is InChI=1S/C21H22ClN3O/c22-16-12-10-15(11-13-16)21-24-18-8-4-5-9-19(18)25(21)14-20(26)23-17-6-2-1-3-7-17/h4-5,8-13,17H,1-3,6-7,14H2,(H,23,26). The highest BCUT2D eigenvalue weighted by Crippen LogP contribution is 2.26. The molecule has 4 rings (SSSR count). The number of para-hydroxylation sites is 2. The Morgan fingerprint density at radius 3 is 2.58 bits per heavy atom. The van der Waals surface area contributed by atoms with Crippen LogP contribution in [0.2, 0.25) is 5.02 Å². The van der Waals surface area contributed by atoms with Crippen molar-refractivity contribution in [3.05, 3.63) is 53.6 Å². The molecule has 0 aliphatic heterocycles. The second-order valence-corrected chi connectivity index (χ2v) is 7.36. The van der Waals surface area contributed by atoms with Crippen molar-refractivity contribution in [1.82, 2.24) is 14.9 Å². The Bertz CT molecular complexity index is 911. The van der Waals surface area contributed by atoms with Gasteiger partial charge >= 0.3 is 0 Å². The number of nitrogens with zero attached hydrogens (tertiary/aromatic N) is 2. The average molecular weight is 368 g/mol. The van der Waals surface area contributed by atoms with Gasteiger partial charge in [0.15, 0.2) is 0 Å². The molecule has 1 heterocycles. The van der Waals surface area contributed by atoms with E-state index in [1.54, 1.807) is 0 Å². The number of imidazole rings is 1. The molecule has 1 saturated carbocycles. The predicted molar refractivity (Wildman–Crippen MR) is 105 cm³/mol. The second kappa shape index (κ2) is 7.50. The summed E-state index contributed by atoms with van der Waals surface area (Å²) in [7, 11) is 0. The van der Waals surface area contributed by atoms with Crippen LogP contribution in [0.15, 0.2) is 48.5 Å². The molecule has 0 spiro atoms. The molecule has 3 aromatic rings. The van der Waals surface area contributed by atoms with E-state index in [2.05, 4.69) is 5.32 Å². The zero-order valence-corrected chi connectivity index (χ0v) is 15.4. The van der Waals surface area contributed by atoms with Crippen LogP contribution in [0.5, 0.6) is 0 Å². The first-order chi connectivity index (χ1) is 12.7. The number of carbonyl (C=O) groups excluding carboxylic acids is 1. The topological polar surface area (TPSA) is 46.9 Å². The Morgan fingerprint density at radius 1 is 1.08 bits per heavy atom. The predicted octanol–water partition coefficient (Wildman–Crippen LogP) is 4.81. The third-order valence-electron chi connectivity index (χ3n) is 5.03. The van der Waals surface area contributed by atoms with Crippen LogP contribution in [0.3, 0.4) is 0 Å². The fraction of sp³-hybridized carbons (Fsp3) is 0.333.